The van der Waals surface area contributed by atoms with E-state index in [1.165, 1.54) is 12.1 Å². The van der Waals surface area contributed by atoms with Crippen LogP contribution in [0.2, 0.25) is 0 Å². The fourth-order valence-electron chi connectivity index (χ4n) is 3.72. The van der Waals surface area contributed by atoms with E-state index in [0.29, 0.717) is 17.8 Å². The minimum absolute atomic E-state index is 0.0327. The lowest BCUT2D eigenvalue weighted by atomic mass is 9.96. The third-order valence-electron chi connectivity index (χ3n) is 5.30. The van der Waals surface area contributed by atoms with E-state index in [2.05, 4.69) is 21.3 Å². The lowest BCUT2D eigenvalue weighted by Gasteiger charge is -2.32. The highest BCUT2D eigenvalue weighted by Gasteiger charge is 2.26. The quantitative estimate of drug-likeness (QED) is 0.694. The molecule has 1 atom stereocenters. The fraction of sp³-hybridized carbons (Fsp3) is 0.208. The number of anilines is 2. The van der Waals surface area contributed by atoms with Crippen molar-refractivity contribution in [2.75, 3.05) is 23.3 Å². The Hall–Kier alpha value is -3.72. The van der Waals surface area contributed by atoms with Gasteiger partial charge in [-0.05, 0) is 60.4 Å². The zero-order valence-electron chi connectivity index (χ0n) is 16.4. The van der Waals surface area contributed by atoms with Crippen molar-refractivity contribution in [2.45, 2.75) is 12.8 Å². The summed E-state index contributed by atoms with van der Waals surface area (Å²) in [6.07, 6.45) is 3.31. The molecule has 5 nitrogen and oxygen atoms in total. The SMILES string of the molecule is N#Cc1ccnc(N2CCC[C@H](C(=O)Nc3ccc(-c4cccc(F)c4)cc3)C2)c1. The van der Waals surface area contributed by atoms with E-state index in [0.717, 1.165) is 36.3 Å². The molecule has 0 unspecified atom stereocenters. The molecule has 1 aliphatic rings. The number of nitrogens with one attached hydrogen (secondary N) is 1. The molecule has 2 heterocycles. The van der Waals surface area contributed by atoms with E-state index in [1.54, 1.807) is 24.4 Å². The third kappa shape index (κ3) is 4.47. The van der Waals surface area contributed by atoms with Crippen molar-refractivity contribution in [1.29, 1.82) is 5.26 Å². The normalized spacial score (nSPS) is 16.0. The van der Waals surface area contributed by atoms with Crippen molar-refractivity contribution < 1.29 is 9.18 Å². The predicted octanol–water partition coefficient (Wildman–Crippen LogP) is 4.61. The molecular weight excluding hydrogens is 379 g/mol. The minimum atomic E-state index is -0.276. The van der Waals surface area contributed by atoms with Crippen LogP contribution in [0.1, 0.15) is 18.4 Å². The highest BCUT2D eigenvalue weighted by atomic mass is 19.1. The average Bonchev–Trinajstić information content (AvgIpc) is 2.79. The van der Waals surface area contributed by atoms with Crippen LogP contribution in [0, 0.1) is 23.1 Å². The van der Waals surface area contributed by atoms with E-state index in [9.17, 15) is 9.18 Å². The zero-order chi connectivity index (χ0) is 20.9. The van der Waals surface area contributed by atoms with E-state index < -0.39 is 0 Å². The summed E-state index contributed by atoms with van der Waals surface area (Å²) >= 11 is 0. The molecule has 1 aliphatic heterocycles. The molecule has 2 aromatic carbocycles. The largest absolute Gasteiger partial charge is 0.356 e. The Labute approximate surface area is 174 Å². The molecule has 150 valence electrons. The van der Waals surface area contributed by atoms with E-state index >= 15 is 0 Å². The molecular formula is C24H21FN4O. The maximum absolute atomic E-state index is 13.4. The molecule has 4 rings (SSSR count). The van der Waals surface area contributed by atoms with Crippen LogP contribution in [0.4, 0.5) is 15.9 Å². The minimum Gasteiger partial charge on any atom is -0.356 e. The molecule has 30 heavy (non-hydrogen) atoms. The Morgan fingerprint density at radius 1 is 1.13 bits per heavy atom. The van der Waals surface area contributed by atoms with Gasteiger partial charge in [0.2, 0.25) is 5.91 Å². The molecule has 0 radical (unpaired) electrons. The molecule has 3 aromatic rings. The van der Waals surface area contributed by atoms with Crippen LogP contribution in [0.5, 0.6) is 0 Å². The summed E-state index contributed by atoms with van der Waals surface area (Å²) in [7, 11) is 0. The van der Waals surface area contributed by atoms with Crippen LogP contribution in [-0.2, 0) is 4.79 Å². The Bertz CT molecular complexity index is 1090. The molecule has 0 saturated carbocycles. The van der Waals surface area contributed by atoms with E-state index in [-0.39, 0.29) is 17.6 Å². The number of carbonyl (C=O) groups is 1. The van der Waals surface area contributed by atoms with Gasteiger partial charge in [-0.2, -0.15) is 5.26 Å². The van der Waals surface area contributed by atoms with Crippen molar-refractivity contribution in [2.24, 2.45) is 5.92 Å². The Morgan fingerprint density at radius 2 is 1.97 bits per heavy atom. The zero-order valence-corrected chi connectivity index (χ0v) is 16.4. The number of halogens is 1. The fourth-order valence-corrected chi connectivity index (χ4v) is 3.72. The highest BCUT2D eigenvalue weighted by Crippen LogP contribution is 2.25. The lowest BCUT2D eigenvalue weighted by molar-refractivity contribution is -0.120. The third-order valence-corrected chi connectivity index (χ3v) is 5.30. The van der Waals surface area contributed by atoms with Crippen molar-refractivity contribution >= 4 is 17.4 Å². The van der Waals surface area contributed by atoms with Crippen LogP contribution < -0.4 is 10.2 Å². The number of hydrogen-bond donors (Lipinski definition) is 1. The Kier molecular flexibility index (Phi) is 5.71. The number of amides is 1. The van der Waals surface area contributed by atoms with Crippen LogP contribution in [0.25, 0.3) is 11.1 Å². The van der Waals surface area contributed by atoms with Crippen LogP contribution in [0.3, 0.4) is 0 Å². The van der Waals surface area contributed by atoms with Crippen LogP contribution in [-0.4, -0.2) is 24.0 Å². The number of piperidine rings is 1. The lowest BCUT2D eigenvalue weighted by Crippen LogP contribution is -2.41. The maximum atomic E-state index is 13.4. The second-order valence-electron chi connectivity index (χ2n) is 7.38. The summed E-state index contributed by atoms with van der Waals surface area (Å²) in [6.45, 7) is 1.38. The Morgan fingerprint density at radius 3 is 2.73 bits per heavy atom. The molecule has 0 aliphatic carbocycles. The number of rotatable bonds is 4. The number of hydrogen-bond acceptors (Lipinski definition) is 4. The van der Waals surface area contributed by atoms with Gasteiger partial charge in [-0.3, -0.25) is 4.79 Å². The predicted molar refractivity (Wildman–Crippen MR) is 114 cm³/mol. The van der Waals surface area contributed by atoms with Crippen LogP contribution in [0.15, 0.2) is 66.9 Å². The molecule has 1 aromatic heterocycles. The standard InChI is InChI=1S/C24H21FN4O/c25-21-5-1-3-19(14-21)18-6-8-22(9-7-18)28-24(30)20-4-2-12-29(16-20)23-13-17(15-26)10-11-27-23/h1,3,5-11,13-14,20H,2,4,12,16H2,(H,28,30)/t20-/m0/s1. The number of benzene rings is 2. The summed E-state index contributed by atoms with van der Waals surface area (Å²) in [5.41, 5.74) is 2.95. The van der Waals surface area contributed by atoms with Gasteiger partial charge in [0.15, 0.2) is 0 Å². The first-order valence-electron chi connectivity index (χ1n) is 9.90. The molecule has 0 spiro atoms. The summed E-state index contributed by atoms with van der Waals surface area (Å²) in [4.78, 5) is 19.2. The van der Waals surface area contributed by atoms with Gasteiger partial charge >= 0.3 is 0 Å². The molecule has 1 amide bonds. The smallest absolute Gasteiger partial charge is 0.229 e. The van der Waals surface area contributed by atoms with E-state index in [4.69, 9.17) is 5.26 Å². The van der Waals surface area contributed by atoms with Crippen LogP contribution >= 0.6 is 0 Å². The van der Waals surface area contributed by atoms with Gasteiger partial charge in [-0.25, -0.2) is 9.37 Å². The summed E-state index contributed by atoms with van der Waals surface area (Å²) in [5.74, 6) is 0.261. The maximum Gasteiger partial charge on any atom is 0.229 e. The van der Waals surface area contributed by atoms with Gasteiger partial charge in [-0.1, -0.05) is 24.3 Å². The molecule has 1 saturated heterocycles. The second kappa shape index (κ2) is 8.75. The summed E-state index contributed by atoms with van der Waals surface area (Å²) < 4.78 is 13.4. The van der Waals surface area contributed by atoms with Gasteiger partial charge in [0.1, 0.15) is 11.6 Å². The first-order chi connectivity index (χ1) is 14.6. The first kappa shape index (κ1) is 19.6. The van der Waals surface area contributed by atoms with Crippen molar-refractivity contribution in [3.8, 4) is 17.2 Å². The summed E-state index contributed by atoms with van der Waals surface area (Å²) in [6, 6.07) is 19.4. The van der Waals surface area contributed by atoms with Gasteiger partial charge in [0, 0.05) is 25.0 Å². The number of pyridine rings is 1. The monoisotopic (exact) mass is 400 g/mol. The van der Waals surface area contributed by atoms with Gasteiger partial charge in [-0.15, -0.1) is 0 Å². The number of carbonyl (C=O) groups excluding carboxylic acids is 1. The Balaban J connectivity index is 1.41. The first-order valence-corrected chi connectivity index (χ1v) is 9.90. The number of nitriles is 1. The van der Waals surface area contributed by atoms with Gasteiger partial charge < -0.3 is 10.2 Å². The number of aromatic nitrogens is 1. The summed E-state index contributed by atoms with van der Waals surface area (Å²) in [5, 5.41) is 12.1. The molecule has 0 bridgehead atoms. The molecule has 1 fully saturated rings. The highest BCUT2D eigenvalue weighted by molar-refractivity contribution is 5.93. The van der Waals surface area contributed by atoms with Gasteiger partial charge in [0.05, 0.1) is 17.6 Å². The molecule has 1 N–H and O–H groups in total. The van der Waals surface area contributed by atoms with Crippen molar-refractivity contribution in [3.63, 3.8) is 0 Å². The van der Waals surface area contributed by atoms with Crippen molar-refractivity contribution in [1.82, 2.24) is 4.98 Å². The number of nitrogens with zero attached hydrogens (tertiary/aromatic N) is 3. The van der Waals surface area contributed by atoms with E-state index in [1.807, 2.05) is 30.3 Å². The topological polar surface area (TPSA) is 69.0 Å². The second-order valence-corrected chi connectivity index (χ2v) is 7.38. The average molecular weight is 400 g/mol. The molecule has 6 heteroatoms. The van der Waals surface area contributed by atoms with Gasteiger partial charge in [0.25, 0.3) is 0 Å². The van der Waals surface area contributed by atoms with Crippen molar-refractivity contribution in [3.05, 3.63) is 78.2 Å².